The van der Waals surface area contributed by atoms with Crippen LogP contribution >= 0.6 is 0 Å². The zero-order valence-corrected chi connectivity index (χ0v) is 12.5. The van der Waals surface area contributed by atoms with Gasteiger partial charge in [0.2, 0.25) is 6.79 Å². The number of ether oxygens (including phenoxy) is 3. The number of benzene rings is 1. The second-order valence-corrected chi connectivity index (χ2v) is 5.00. The van der Waals surface area contributed by atoms with Crippen LogP contribution in [0.1, 0.15) is 16.1 Å². The summed E-state index contributed by atoms with van der Waals surface area (Å²) in [6.07, 6.45) is 0. The number of carbonyl (C=O) groups is 1. The lowest BCUT2D eigenvalue weighted by molar-refractivity contribution is 0.0945. The minimum absolute atomic E-state index is 0.0821. The Morgan fingerprint density at radius 3 is 2.91 bits per heavy atom. The summed E-state index contributed by atoms with van der Waals surface area (Å²) in [5.41, 5.74) is 0.385. The first kappa shape index (κ1) is 15.0. The molecule has 1 aromatic carbocycles. The largest absolute Gasteiger partial charge is 0.492 e. The van der Waals surface area contributed by atoms with Gasteiger partial charge in [0.1, 0.15) is 17.9 Å². The van der Waals surface area contributed by atoms with Crippen LogP contribution in [0.3, 0.4) is 0 Å². The van der Waals surface area contributed by atoms with Crippen LogP contribution in [0, 0.1) is 6.92 Å². The molecular formula is C16H16N2O5. The zero-order chi connectivity index (χ0) is 16.2. The van der Waals surface area contributed by atoms with Crippen molar-refractivity contribution < 1.29 is 19.0 Å². The van der Waals surface area contributed by atoms with E-state index in [-0.39, 0.29) is 25.5 Å². The number of hydrogen-bond acceptors (Lipinski definition) is 5. The van der Waals surface area contributed by atoms with Crippen molar-refractivity contribution >= 4 is 5.91 Å². The fourth-order valence-electron chi connectivity index (χ4n) is 2.15. The summed E-state index contributed by atoms with van der Waals surface area (Å²) in [7, 11) is 0. The molecule has 0 saturated carbocycles. The highest BCUT2D eigenvalue weighted by Crippen LogP contribution is 2.34. The van der Waals surface area contributed by atoms with Gasteiger partial charge in [0.05, 0.1) is 6.54 Å². The average molecular weight is 316 g/mol. The first-order valence-electron chi connectivity index (χ1n) is 7.14. The number of aromatic amines is 1. The lowest BCUT2D eigenvalue weighted by Gasteiger charge is -2.08. The van der Waals surface area contributed by atoms with Crippen molar-refractivity contribution in [2.24, 2.45) is 0 Å². The van der Waals surface area contributed by atoms with Gasteiger partial charge in [-0.25, -0.2) is 0 Å². The van der Waals surface area contributed by atoms with E-state index in [0.29, 0.717) is 22.9 Å². The highest BCUT2D eigenvalue weighted by molar-refractivity contribution is 5.93. The Bertz CT molecular complexity index is 784. The molecule has 1 amide bonds. The van der Waals surface area contributed by atoms with Crippen LogP contribution in [0.2, 0.25) is 0 Å². The fourth-order valence-corrected chi connectivity index (χ4v) is 2.15. The molecule has 3 rings (SSSR count). The van der Waals surface area contributed by atoms with E-state index < -0.39 is 11.5 Å². The van der Waals surface area contributed by atoms with E-state index in [1.165, 1.54) is 6.07 Å². The predicted molar refractivity (Wildman–Crippen MR) is 82.2 cm³/mol. The maximum Gasteiger partial charge on any atom is 0.260 e. The number of fused-ring (bicyclic) bond motifs is 1. The molecule has 0 saturated heterocycles. The maximum atomic E-state index is 11.9. The number of carbonyl (C=O) groups excluding carboxylic acids is 1. The summed E-state index contributed by atoms with van der Waals surface area (Å²) in [5.74, 6) is 1.51. The van der Waals surface area contributed by atoms with Crippen molar-refractivity contribution in [3.05, 3.63) is 51.9 Å². The minimum atomic E-state index is -0.430. The van der Waals surface area contributed by atoms with E-state index in [9.17, 15) is 9.59 Å². The average Bonchev–Trinajstić information content (AvgIpc) is 2.99. The van der Waals surface area contributed by atoms with E-state index >= 15 is 0 Å². The summed E-state index contributed by atoms with van der Waals surface area (Å²) < 4.78 is 16.0. The summed E-state index contributed by atoms with van der Waals surface area (Å²) in [6, 6.07) is 8.44. The van der Waals surface area contributed by atoms with Gasteiger partial charge in [-0.15, -0.1) is 0 Å². The molecule has 1 aromatic heterocycles. The third-order valence-corrected chi connectivity index (χ3v) is 3.30. The van der Waals surface area contributed by atoms with Crippen LogP contribution in [0.4, 0.5) is 0 Å². The smallest absolute Gasteiger partial charge is 0.260 e. The molecule has 7 nitrogen and oxygen atoms in total. The molecule has 120 valence electrons. The minimum Gasteiger partial charge on any atom is -0.492 e. The molecule has 0 radical (unpaired) electrons. The van der Waals surface area contributed by atoms with E-state index in [4.69, 9.17) is 14.2 Å². The molecule has 2 N–H and O–H groups in total. The number of nitrogens with one attached hydrogen (secondary N) is 2. The molecule has 7 heteroatoms. The van der Waals surface area contributed by atoms with Crippen LogP contribution in [0.15, 0.2) is 35.1 Å². The molecular weight excluding hydrogens is 300 g/mol. The second kappa shape index (κ2) is 6.43. The number of hydrogen-bond donors (Lipinski definition) is 2. The molecule has 0 aliphatic carbocycles. The Morgan fingerprint density at radius 1 is 1.26 bits per heavy atom. The highest BCUT2D eigenvalue weighted by atomic mass is 16.7. The Hall–Kier alpha value is -2.96. The number of aryl methyl sites for hydroxylation is 1. The Labute approximate surface area is 132 Å². The van der Waals surface area contributed by atoms with Crippen molar-refractivity contribution in [1.29, 1.82) is 0 Å². The molecule has 1 aliphatic rings. The van der Waals surface area contributed by atoms with Gasteiger partial charge in [-0.2, -0.15) is 0 Å². The third kappa shape index (κ3) is 3.45. The van der Waals surface area contributed by atoms with Gasteiger partial charge in [0, 0.05) is 11.8 Å². The molecule has 23 heavy (non-hydrogen) atoms. The van der Waals surface area contributed by atoms with Crippen LogP contribution in [-0.4, -0.2) is 30.8 Å². The van der Waals surface area contributed by atoms with Crippen LogP contribution in [0.25, 0.3) is 0 Å². The molecule has 0 unspecified atom stereocenters. The van der Waals surface area contributed by atoms with Gasteiger partial charge in [-0.1, -0.05) is 0 Å². The predicted octanol–water partition coefficient (Wildman–Crippen LogP) is 1.22. The van der Waals surface area contributed by atoms with Gasteiger partial charge in [0.25, 0.3) is 11.5 Å². The van der Waals surface area contributed by atoms with E-state index in [2.05, 4.69) is 10.3 Å². The quantitative estimate of drug-likeness (QED) is 0.810. The zero-order valence-electron chi connectivity index (χ0n) is 12.5. The Balaban J connectivity index is 1.50. The standard InChI is InChI=1S/C16H16N2O5/c1-10-2-4-12(16(20)18-10)15(19)17-6-7-21-11-3-5-13-14(8-11)23-9-22-13/h2-5,8H,6-7,9H2,1H3,(H,17,19)(H,18,20). The highest BCUT2D eigenvalue weighted by Gasteiger charge is 2.14. The molecule has 0 spiro atoms. The third-order valence-electron chi connectivity index (χ3n) is 3.30. The van der Waals surface area contributed by atoms with Gasteiger partial charge >= 0.3 is 0 Å². The Kier molecular flexibility index (Phi) is 4.18. The van der Waals surface area contributed by atoms with Crippen LogP contribution in [0.5, 0.6) is 17.2 Å². The molecule has 0 bridgehead atoms. The van der Waals surface area contributed by atoms with Gasteiger partial charge in [0.15, 0.2) is 11.5 Å². The van der Waals surface area contributed by atoms with E-state index in [0.717, 1.165) is 0 Å². The van der Waals surface area contributed by atoms with Crippen LogP contribution in [-0.2, 0) is 0 Å². The number of aromatic nitrogens is 1. The number of amides is 1. The van der Waals surface area contributed by atoms with Crippen molar-refractivity contribution in [1.82, 2.24) is 10.3 Å². The first-order chi connectivity index (χ1) is 11.1. The second-order valence-electron chi connectivity index (χ2n) is 5.00. The first-order valence-corrected chi connectivity index (χ1v) is 7.14. The lowest BCUT2D eigenvalue weighted by Crippen LogP contribution is -2.32. The normalized spacial score (nSPS) is 12.0. The van der Waals surface area contributed by atoms with Crippen molar-refractivity contribution in [3.8, 4) is 17.2 Å². The maximum absolute atomic E-state index is 11.9. The van der Waals surface area contributed by atoms with Crippen molar-refractivity contribution in [3.63, 3.8) is 0 Å². The van der Waals surface area contributed by atoms with Crippen molar-refractivity contribution in [2.45, 2.75) is 6.92 Å². The summed E-state index contributed by atoms with van der Waals surface area (Å²) in [5, 5.41) is 2.64. The van der Waals surface area contributed by atoms with Gasteiger partial charge < -0.3 is 24.5 Å². The summed E-state index contributed by atoms with van der Waals surface area (Å²) >= 11 is 0. The van der Waals surface area contributed by atoms with E-state index in [1.54, 1.807) is 31.2 Å². The van der Waals surface area contributed by atoms with Crippen molar-refractivity contribution in [2.75, 3.05) is 19.9 Å². The Morgan fingerprint density at radius 2 is 2.09 bits per heavy atom. The number of H-pyrrole nitrogens is 1. The molecule has 0 fully saturated rings. The van der Waals surface area contributed by atoms with Gasteiger partial charge in [-0.05, 0) is 31.2 Å². The summed E-state index contributed by atoms with van der Waals surface area (Å²) in [4.78, 5) is 26.2. The number of pyridine rings is 1. The fraction of sp³-hybridized carbons (Fsp3) is 0.250. The SMILES string of the molecule is Cc1ccc(C(=O)NCCOc2ccc3c(c2)OCO3)c(=O)[nH]1. The topological polar surface area (TPSA) is 89.7 Å². The summed E-state index contributed by atoms with van der Waals surface area (Å²) in [6.45, 7) is 2.51. The monoisotopic (exact) mass is 316 g/mol. The molecule has 2 aromatic rings. The molecule has 2 heterocycles. The number of rotatable bonds is 5. The molecule has 1 aliphatic heterocycles. The van der Waals surface area contributed by atoms with Crippen LogP contribution < -0.4 is 25.1 Å². The lowest BCUT2D eigenvalue weighted by atomic mass is 10.2. The molecule has 0 atom stereocenters. The van der Waals surface area contributed by atoms with E-state index in [1.807, 2.05) is 0 Å². The van der Waals surface area contributed by atoms with Gasteiger partial charge in [-0.3, -0.25) is 9.59 Å².